The summed E-state index contributed by atoms with van der Waals surface area (Å²) in [5, 5.41) is 3.35. The fraction of sp³-hybridized carbons (Fsp3) is 0.611. The Bertz CT molecular complexity index is 477. The van der Waals surface area contributed by atoms with Gasteiger partial charge in [0.15, 0.2) is 0 Å². The van der Waals surface area contributed by atoms with E-state index in [0.717, 1.165) is 32.2 Å². The lowest BCUT2D eigenvalue weighted by Crippen LogP contribution is -2.34. The smallest absolute Gasteiger partial charge is 0.338 e. The van der Waals surface area contributed by atoms with Crippen molar-refractivity contribution in [2.24, 2.45) is 0 Å². The summed E-state index contributed by atoms with van der Waals surface area (Å²) in [4.78, 5) is 12.1. The Balaban J connectivity index is 2.54. The van der Waals surface area contributed by atoms with E-state index in [2.05, 4.69) is 26.1 Å². The summed E-state index contributed by atoms with van der Waals surface area (Å²) in [6.45, 7) is 8.20. The molecule has 1 unspecified atom stereocenters. The molecule has 0 bridgehead atoms. The van der Waals surface area contributed by atoms with Gasteiger partial charge in [-0.15, -0.1) is 0 Å². The third-order valence-corrected chi connectivity index (χ3v) is 3.59. The molecule has 0 aliphatic rings. The summed E-state index contributed by atoms with van der Waals surface area (Å²) < 4.78 is 11.0. The van der Waals surface area contributed by atoms with Gasteiger partial charge in [0.1, 0.15) is 12.4 Å². The average molecular weight is 322 g/mol. The molecule has 0 heterocycles. The molecule has 0 aliphatic heterocycles. The van der Waals surface area contributed by atoms with Gasteiger partial charge >= 0.3 is 5.97 Å². The van der Waals surface area contributed by atoms with Crippen LogP contribution in [0.3, 0.4) is 0 Å². The number of rotatable bonds is 11. The molecule has 0 amide bonds. The quantitative estimate of drug-likeness (QED) is 0.371. The number of hydrogen-bond donors (Lipinski definition) is 2. The molecule has 0 spiro atoms. The van der Waals surface area contributed by atoms with Crippen molar-refractivity contribution in [3.8, 4) is 5.75 Å². The monoisotopic (exact) mass is 322 g/mol. The molecule has 5 heteroatoms. The van der Waals surface area contributed by atoms with E-state index < -0.39 is 0 Å². The van der Waals surface area contributed by atoms with E-state index in [0.29, 0.717) is 30.2 Å². The van der Waals surface area contributed by atoms with Crippen molar-refractivity contribution in [1.29, 1.82) is 0 Å². The van der Waals surface area contributed by atoms with Crippen molar-refractivity contribution in [1.82, 2.24) is 5.32 Å². The molecule has 1 aromatic rings. The summed E-state index contributed by atoms with van der Waals surface area (Å²) in [6, 6.07) is 5.23. The maximum Gasteiger partial charge on any atom is 0.338 e. The van der Waals surface area contributed by atoms with Crippen molar-refractivity contribution in [2.75, 3.05) is 25.5 Å². The summed E-state index contributed by atoms with van der Waals surface area (Å²) in [7, 11) is 0. The summed E-state index contributed by atoms with van der Waals surface area (Å²) >= 11 is 0. The molecule has 5 nitrogen and oxygen atoms in total. The molecule has 23 heavy (non-hydrogen) atoms. The molecule has 130 valence electrons. The van der Waals surface area contributed by atoms with Crippen LogP contribution in [0.1, 0.15) is 56.8 Å². The van der Waals surface area contributed by atoms with Gasteiger partial charge in [-0.1, -0.05) is 27.2 Å². The number of benzene rings is 1. The van der Waals surface area contributed by atoms with E-state index in [1.165, 1.54) is 0 Å². The molecule has 0 aromatic heterocycles. The van der Waals surface area contributed by atoms with Gasteiger partial charge in [0.2, 0.25) is 0 Å². The molecule has 1 atom stereocenters. The highest BCUT2D eigenvalue weighted by Crippen LogP contribution is 2.23. The van der Waals surface area contributed by atoms with Gasteiger partial charge in [-0.05, 0) is 44.0 Å². The Hall–Kier alpha value is -1.75. The Kier molecular flexibility index (Phi) is 9.14. The lowest BCUT2D eigenvalue weighted by molar-refractivity contribution is 0.0463. The largest absolute Gasteiger partial charge is 0.491 e. The number of ether oxygens (including phenoxy) is 2. The SMILES string of the molecule is CCCCOc1ccc(C(=O)OCC(CC)NCCC)cc1N. The Morgan fingerprint density at radius 2 is 2.04 bits per heavy atom. The minimum absolute atomic E-state index is 0.188. The second-order valence-electron chi connectivity index (χ2n) is 5.61. The second-order valence-corrected chi connectivity index (χ2v) is 5.61. The van der Waals surface area contributed by atoms with Crippen LogP contribution >= 0.6 is 0 Å². The fourth-order valence-electron chi connectivity index (χ4n) is 2.06. The van der Waals surface area contributed by atoms with Crippen molar-refractivity contribution >= 4 is 11.7 Å². The van der Waals surface area contributed by atoms with E-state index in [1.54, 1.807) is 18.2 Å². The first-order chi connectivity index (χ1) is 11.1. The number of nitrogens with one attached hydrogen (secondary N) is 1. The van der Waals surface area contributed by atoms with E-state index >= 15 is 0 Å². The average Bonchev–Trinajstić information content (AvgIpc) is 2.56. The van der Waals surface area contributed by atoms with Crippen LogP contribution in [-0.4, -0.2) is 31.8 Å². The predicted molar refractivity (Wildman–Crippen MR) is 93.9 cm³/mol. The Morgan fingerprint density at radius 3 is 2.65 bits per heavy atom. The highest BCUT2D eigenvalue weighted by atomic mass is 16.5. The second kappa shape index (κ2) is 10.9. The number of nitrogens with two attached hydrogens (primary N) is 1. The normalized spacial score (nSPS) is 12.0. The predicted octanol–water partition coefficient (Wildman–Crippen LogP) is 3.38. The molecule has 0 saturated heterocycles. The van der Waals surface area contributed by atoms with Gasteiger partial charge < -0.3 is 20.5 Å². The number of unbranched alkanes of at least 4 members (excludes halogenated alkanes) is 1. The summed E-state index contributed by atoms with van der Waals surface area (Å²) in [6.07, 6.45) is 4.02. The molecule has 1 aromatic carbocycles. The topological polar surface area (TPSA) is 73.6 Å². The van der Waals surface area contributed by atoms with E-state index in [-0.39, 0.29) is 12.0 Å². The number of anilines is 1. The first kappa shape index (κ1) is 19.3. The van der Waals surface area contributed by atoms with Crippen molar-refractivity contribution in [3.63, 3.8) is 0 Å². The lowest BCUT2D eigenvalue weighted by Gasteiger charge is -2.16. The minimum atomic E-state index is -0.353. The molecule has 0 saturated carbocycles. The zero-order chi connectivity index (χ0) is 17.1. The summed E-state index contributed by atoms with van der Waals surface area (Å²) in [5.74, 6) is 0.264. The van der Waals surface area contributed by atoms with Crippen LogP contribution in [0, 0.1) is 0 Å². The zero-order valence-electron chi connectivity index (χ0n) is 14.6. The fourth-order valence-corrected chi connectivity index (χ4v) is 2.06. The third-order valence-electron chi connectivity index (χ3n) is 3.59. The third kappa shape index (κ3) is 6.91. The van der Waals surface area contributed by atoms with Crippen LogP contribution in [0.2, 0.25) is 0 Å². The van der Waals surface area contributed by atoms with Crippen molar-refractivity contribution in [2.45, 2.75) is 52.5 Å². The van der Waals surface area contributed by atoms with Crippen LogP contribution in [0.5, 0.6) is 5.75 Å². The van der Waals surface area contributed by atoms with Crippen LogP contribution in [-0.2, 0) is 4.74 Å². The summed E-state index contributed by atoms with van der Waals surface area (Å²) in [5.41, 5.74) is 6.86. The standard InChI is InChI=1S/C18H30N2O3/c1-4-7-11-22-17-9-8-14(12-16(17)19)18(21)23-13-15(6-3)20-10-5-2/h8-9,12,15,20H,4-7,10-11,13,19H2,1-3H3. The zero-order valence-corrected chi connectivity index (χ0v) is 14.6. The van der Waals surface area contributed by atoms with E-state index in [1.807, 2.05) is 0 Å². The number of nitrogen functional groups attached to an aromatic ring is 1. The van der Waals surface area contributed by atoms with Crippen LogP contribution in [0.15, 0.2) is 18.2 Å². The molecule has 1 rings (SSSR count). The van der Waals surface area contributed by atoms with Gasteiger partial charge in [-0.2, -0.15) is 0 Å². The number of esters is 1. The van der Waals surface area contributed by atoms with Gasteiger partial charge in [-0.25, -0.2) is 4.79 Å². The molecular weight excluding hydrogens is 292 g/mol. The Labute approximate surface area is 139 Å². The number of hydrogen-bond acceptors (Lipinski definition) is 5. The van der Waals surface area contributed by atoms with E-state index in [4.69, 9.17) is 15.2 Å². The van der Waals surface area contributed by atoms with Gasteiger partial charge in [0, 0.05) is 6.04 Å². The highest BCUT2D eigenvalue weighted by Gasteiger charge is 2.13. The van der Waals surface area contributed by atoms with Crippen LogP contribution in [0.25, 0.3) is 0 Å². The molecular formula is C18H30N2O3. The van der Waals surface area contributed by atoms with Gasteiger partial charge in [0.25, 0.3) is 0 Å². The van der Waals surface area contributed by atoms with Crippen molar-refractivity contribution in [3.05, 3.63) is 23.8 Å². The first-order valence-corrected chi connectivity index (χ1v) is 8.55. The molecule has 0 aliphatic carbocycles. The Morgan fingerprint density at radius 1 is 1.26 bits per heavy atom. The highest BCUT2D eigenvalue weighted by molar-refractivity contribution is 5.91. The minimum Gasteiger partial charge on any atom is -0.491 e. The maximum atomic E-state index is 12.1. The van der Waals surface area contributed by atoms with E-state index in [9.17, 15) is 4.79 Å². The maximum absolute atomic E-state index is 12.1. The van der Waals surface area contributed by atoms with Crippen molar-refractivity contribution < 1.29 is 14.3 Å². The lowest BCUT2D eigenvalue weighted by atomic mass is 10.2. The van der Waals surface area contributed by atoms with Gasteiger partial charge in [-0.3, -0.25) is 0 Å². The van der Waals surface area contributed by atoms with Crippen LogP contribution in [0.4, 0.5) is 5.69 Å². The number of carbonyl (C=O) groups is 1. The molecule has 0 fully saturated rings. The molecule has 3 N–H and O–H groups in total. The van der Waals surface area contributed by atoms with Gasteiger partial charge in [0.05, 0.1) is 17.9 Å². The first-order valence-electron chi connectivity index (χ1n) is 8.55. The molecule has 0 radical (unpaired) electrons. The number of carbonyl (C=O) groups excluding carboxylic acids is 1. The van der Waals surface area contributed by atoms with Crippen LogP contribution < -0.4 is 15.8 Å².